The number of carbonyl (C=O) groups excluding carboxylic acids is 2. The Morgan fingerprint density at radius 3 is 2.69 bits per heavy atom. The van der Waals surface area contributed by atoms with Crippen molar-refractivity contribution in [1.82, 2.24) is 4.98 Å². The van der Waals surface area contributed by atoms with Gasteiger partial charge in [-0.1, -0.05) is 24.3 Å². The molecule has 0 bridgehead atoms. The molecule has 2 heterocycles. The number of fused-ring (bicyclic) bond motifs is 1. The molecule has 0 aliphatic carbocycles. The fraction of sp³-hybridized carbons (Fsp3) is 0.190. The smallest absolute Gasteiger partial charge is 0.229 e. The van der Waals surface area contributed by atoms with E-state index in [2.05, 4.69) is 10.3 Å². The van der Waals surface area contributed by atoms with Gasteiger partial charge in [-0.2, -0.15) is 0 Å². The summed E-state index contributed by atoms with van der Waals surface area (Å²) in [6.45, 7) is 2.34. The number of nitrogens with zero attached hydrogens (tertiary/aromatic N) is 2. The van der Waals surface area contributed by atoms with Crippen molar-refractivity contribution in [3.63, 3.8) is 0 Å². The fourth-order valence-corrected chi connectivity index (χ4v) is 3.34. The number of hydrogen-bond donors (Lipinski definition) is 1. The van der Waals surface area contributed by atoms with Gasteiger partial charge in [-0.05, 0) is 43.3 Å². The van der Waals surface area contributed by atoms with Crippen LogP contribution in [-0.4, -0.2) is 23.3 Å². The lowest BCUT2D eigenvalue weighted by molar-refractivity contribution is -0.122. The highest BCUT2D eigenvalue weighted by Gasteiger charge is 2.35. The van der Waals surface area contributed by atoms with Crippen LogP contribution < -0.4 is 10.2 Å². The second-order valence-corrected chi connectivity index (χ2v) is 6.56. The number of aromatic nitrogens is 1. The Morgan fingerprint density at radius 1 is 1.08 bits per heavy atom. The summed E-state index contributed by atoms with van der Waals surface area (Å²) in [4.78, 5) is 31.2. The molecular formula is C21H19N3O2. The normalized spacial score (nSPS) is 16.9. The van der Waals surface area contributed by atoms with E-state index in [0.717, 1.165) is 28.0 Å². The van der Waals surface area contributed by atoms with Gasteiger partial charge in [-0.15, -0.1) is 0 Å². The summed E-state index contributed by atoms with van der Waals surface area (Å²) >= 11 is 0. The van der Waals surface area contributed by atoms with Gasteiger partial charge in [0.05, 0.1) is 17.1 Å². The summed E-state index contributed by atoms with van der Waals surface area (Å²) in [7, 11) is 0. The largest absolute Gasteiger partial charge is 0.325 e. The summed E-state index contributed by atoms with van der Waals surface area (Å²) in [6.07, 6.45) is 0.225. The number of pyridine rings is 1. The van der Waals surface area contributed by atoms with Crippen molar-refractivity contribution < 1.29 is 9.59 Å². The molecule has 2 amide bonds. The standard InChI is InChI=1S/C21H19N3O2/c1-14-10-11-17-18(22-14)8-5-9-19(17)23-21(26)15-12-20(25)24(13-15)16-6-3-2-4-7-16/h2-11,15H,12-13H2,1H3,(H,23,26). The number of amides is 2. The van der Waals surface area contributed by atoms with Crippen LogP contribution in [0.3, 0.4) is 0 Å². The van der Waals surface area contributed by atoms with Crippen molar-refractivity contribution in [3.05, 3.63) is 66.4 Å². The number of carbonyl (C=O) groups is 2. The molecular weight excluding hydrogens is 326 g/mol. The first kappa shape index (κ1) is 16.3. The zero-order valence-electron chi connectivity index (χ0n) is 14.5. The second-order valence-electron chi connectivity index (χ2n) is 6.56. The van der Waals surface area contributed by atoms with Crippen LogP contribution in [-0.2, 0) is 9.59 Å². The minimum atomic E-state index is -0.364. The summed E-state index contributed by atoms with van der Waals surface area (Å²) in [6, 6.07) is 19.0. The summed E-state index contributed by atoms with van der Waals surface area (Å²) in [5, 5.41) is 3.88. The zero-order chi connectivity index (χ0) is 18.1. The van der Waals surface area contributed by atoms with Crippen molar-refractivity contribution in [2.45, 2.75) is 13.3 Å². The quantitative estimate of drug-likeness (QED) is 0.790. The van der Waals surface area contributed by atoms with Crippen molar-refractivity contribution >= 4 is 34.1 Å². The maximum Gasteiger partial charge on any atom is 0.229 e. The highest BCUT2D eigenvalue weighted by Crippen LogP contribution is 2.27. The number of benzene rings is 2. The molecule has 1 aliphatic rings. The molecule has 1 aromatic heterocycles. The third-order valence-electron chi connectivity index (χ3n) is 4.69. The zero-order valence-corrected chi connectivity index (χ0v) is 14.5. The molecule has 0 saturated carbocycles. The predicted octanol–water partition coefficient (Wildman–Crippen LogP) is 3.53. The Morgan fingerprint density at radius 2 is 1.88 bits per heavy atom. The fourth-order valence-electron chi connectivity index (χ4n) is 3.34. The predicted molar refractivity (Wildman–Crippen MR) is 102 cm³/mol. The van der Waals surface area contributed by atoms with Crippen LogP contribution in [0, 0.1) is 12.8 Å². The first-order valence-corrected chi connectivity index (χ1v) is 8.64. The van der Waals surface area contributed by atoms with Crippen LogP contribution in [0.5, 0.6) is 0 Å². The highest BCUT2D eigenvalue weighted by atomic mass is 16.2. The molecule has 1 atom stereocenters. The second kappa shape index (κ2) is 6.59. The first-order chi connectivity index (χ1) is 12.6. The van der Waals surface area contributed by atoms with Gasteiger partial charge in [-0.3, -0.25) is 14.6 Å². The molecule has 26 heavy (non-hydrogen) atoms. The monoisotopic (exact) mass is 345 g/mol. The SMILES string of the molecule is Cc1ccc2c(NC(=O)C3CC(=O)N(c4ccccc4)C3)cccc2n1. The molecule has 4 rings (SSSR count). The van der Waals surface area contributed by atoms with E-state index in [1.807, 2.05) is 67.6 Å². The molecule has 5 nitrogen and oxygen atoms in total. The van der Waals surface area contributed by atoms with E-state index in [-0.39, 0.29) is 24.2 Å². The van der Waals surface area contributed by atoms with E-state index in [9.17, 15) is 9.59 Å². The third kappa shape index (κ3) is 3.04. The molecule has 1 saturated heterocycles. The van der Waals surface area contributed by atoms with Gasteiger partial charge in [0.1, 0.15) is 0 Å². The Hall–Kier alpha value is -3.21. The van der Waals surface area contributed by atoms with Crippen LogP contribution in [0.2, 0.25) is 0 Å². The van der Waals surface area contributed by atoms with Crippen molar-refractivity contribution in [3.8, 4) is 0 Å². The van der Waals surface area contributed by atoms with Gasteiger partial charge >= 0.3 is 0 Å². The van der Waals surface area contributed by atoms with Gasteiger partial charge < -0.3 is 10.2 Å². The number of hydrogen-bond acceptors (Lipinski definition) is 3. The minimum Gasteiger partial charge on any atom is -0.325 e. The lowest BCUT2D eigenvalue weighted by Gasteiger charge is -2.16. The number of rotatable bonds is 3. The maximum absolute atomic E-state index is 12.7. The molecule has 3 aromatic rings. The lowest BCUT2D eigenvalue weighted by atomic mass is 10.1. The van der Waals surface area contributed by atoms with Gasteiger partial charge in [0, 0.05) is 29.7 Å². The average molecular weight is 345 g/mol. The van der Waals surface area contributed by atoms with E-state index < -0.39 is 0 Å². The number of anilines is 2. The van der Waals surface area contributed by atoms with Crippen molar-refractivity contribution in [1.29, 1.82) is 0 Å². The van der Waals surface area contributed by atoms with Gasteiger partial charge in [0.15, 0.2) is 0 Å². The summed E-state index contributed by atoms with van der Waals surface area (Å²) in [5.74, 6) is -0.521. The molecule has 5 heteroatoms. The minimum absolute atomic E-state index is 0.0217. The Balaban J connectivity index is 1.54. The van der Waals surface area contributed by atoms with Crippen LogP contribution in [0.4, 0.5) is 11.4 Å². The molecule has 0 spiro atoms. The number of para-hydroxylation sites is 1. The van der Waals surface area contributed by atoms with E-state index >= 15 is 0 Å². The van der Waals surface area contributed by atoms with Crippen LogP contribution in [0.25, 0.3) is 10.9 Å². The molecule has 1 unspecified atom stereocenters. The van der Waals surface area contributed by atoms with Crippen LogP contribution in [0.15, 0.2) is 60.7 Å². The third-order valence-corrected chi connectivity index (χ3v) is 4.69. The molecule has 2 aromatic carbocycles. The summed E-state index contributed by atoms with van der Waals surface area (Å²) < 4.78 is 0. The molecule has 1 aliphatic heterocycles. The van der Waals surface area contributed by atoms with E-state index in [0.29, 0.717) is 6.54 Å². The van der Waals surface area contributed by atoms with Gasteiger partial charge in [-0.25, -0.2) is 0 Å². The van der Waals surface area contributed by atoms with E-state index in [4.69, 9.17) is 0 Å². The molecule has 1 fully saturated rings. The molecule has 130 valence electrons. The van der Waals surface area contributed by atoms with Crippen LogP contribution in [0.1, 0.15) is 12.1 Å². The van der Waals surface area contributed by atoms with E-state index in [1.54, 1.807) is 4.90 Å². The van der Waals surface area contributed by atoms with E-state index in [1.165, 1.54) is 0 Å². The van der Waals surface area contributed by atoms with Gasteiger partial charge in [0.25, 0.3) is 0 Å². The Labute approximate surface area is 151 Å². The lowest BCUT2D eigenvalue weighted by Crippen LogP contribution is -2.28. The molecule has 0 radical (unpaired) electrons. The average Bonchev–Trinajstić information content (AvgIpc) is 3.04. The van der Waals surface area contributed by atoms with Crippen LogP contribution >= 0.6 is 0 Å². The summed E-state index contributed by atoms with van der Waals surface area (Å²) in [5.41, 5.74) is 3.33. The first-order valence-electron chi connectivity index (χ1n) is 8.64. The Bertz CT molecular complexity index is 985. The molecule has 1 N–H and O–H groups in total. The number of aryl methyl sites for hydroxylation is 1. The Kier molecular flexibility index (Phi) is 4.13. The van der Waals surface area contributed by atoms with Crippen molar-refractivity contribution in [2.75, 3.05) is 16.8 Å². The highest BCUT2D eigenvalue weighted by molar-refractivity contribution is 6.06. The van der Waals surface area contributed by atoms with Gasteiger partial charge in [0.2, 0.25) is 11.8 Å². The maximum atomic E-state index is 12.7. The van der Waals surface area contributed by atoms with Crippen molar-refractivity contribution in [2.24, 2.45) is 5.92 Å². The number of nitrogens with one attached hydrogen (secondary N) is 1. The topological polar surface area (TPSA) is 62.3 Å².